The standard InChI is InChI=1S/C25H19Cl2FN2O2/c1-15-6-7-23(16(2)8-15)30-25(31)19(13-29)10-18-11-20(26)12-22(27)24(18)32-14-17-4-3-5-21(28)9-17/h3-12H,14H2,1-2H3,(H,30,31)/b19-10+. The van der Waals surface area contributed by atoms with Gasteiger partial charge in [0.15, 0.2) is 0 Å². The van der Waals surface area contributed by atoms with Crippen molar-refractivity contribution in [3.05, 3.63) is 98.3 Å². The SMILES string of the molecule is Cc1ccc(NC(=O)/C(C#N)=C/c2cc(Cl)cc(Cl)c2OCc2cccc(F)c2)c(C)c1. The lowest BCUT2D eigenvalue weighted by Crippen LogP contribution is -2.14. The summed E-state index contributed by atoms with van der Waals surface area (Å²) in [6, 6.07) is 16.5. The Morgan fingerprint density at radius 1 is 1.16 bits per heavy atom. The third kappa shape index (κ3) is 5.88. The maximum absolute atomic E-state index is 13.5. The predicted octanol–water partition coefficient (Wildman–Crippen LogP) is 6.87. The number of nitrogens with zero attached hydrogens (tertiary/aromatic N) is 1. The number of nitrogens with one attached hydrogen (secondary N) is 1. The average Bonchev–Trinajstić information content (AvgIpc) is 2.73. The number of nitriles is 1. The summed E-state index contributed by atoms with van der Waals surface area (Å²) in [6.07, 6.45) is 1.36. The number of ether oxygens (including phenoxy) is 1. The van der Waals surface area contributed by atoms with Crippen LogP contribution < -0.4 is 10.1 Å². The second-order valence-corrected chi connectivity index (χ2v) is 8.01. The largest absolute Gasteiger partial charge is 0.487 e. The van der Waals surface area contributed by atoms with Gasteiger partial charge in [0.2, 0.25) is 0 Å². The van der Waals surface area contributed by atoms with Crippen LogP contribution >= 0.6 is 23.2 Å². The molecule has 0 unspecified atom stereocenters. The molecule has 1 amide bonds. The van der Waals surface area contributed by atoms with E-state index in [4.69, 9.17) is 27.9 Å². The Hall–Kier alpha value is -3.33. The average molecular weight is 469 g/mol. The van der Waals surface area contributed by atoms with Crippen molar-refractivity contribution in [2.45, 2.75) is 20.5 Å². The maximum Gasteiger partial charge on any atom is 0.266 e. The molecule has 0 radical (unpaired) electrons. The van der Waals surface area contributed by atoms with Gasteiger partial charge in [-0.15, -0.1) is 0 Å². The molecule has 1 N–H and O–H groups in total. The highest BCUT2D eigenvalue weighted by molar-refractivity contribution is 6.36. The molecule has 0 fully saturated rings. The van der Waals surface area contributed by atoms with Crippen LogP contribution in [0.3, 0.4) is 0 Å². The van der Waals surface area contributed by atoms with E-state index in [9.17, 15) is 14.4 Å². The third-order valence-corrected chi connectivity index (χ3v) is 5.10. The molecule has 4 nitrogen and oxygen atoms in total. The fourth-order valence-corrected chi connectivity index (χ4v) is 3.63. The molecular weight excluding hydrogens is 450 g/mol. The zero-order valence-corrected chi connectivity index (χ0v) is 18.9. The van der Waals surface area contributed by atoms with E-state index >= 15 is 0 Å². The zero-order chi connectivity index (χ0) is 23.3. The van der Waals surface area contributed by atoms with Crippen LogP contribution in [-0.2, 0) is 11.4 Å². The van der Waals surface area contributed by atoms with Gasteiger partial charge in [0.05, 0.1) is 5.02 Å². The van der Waals surface area contributed by atoms with Gasteiger partial charge in [-0.05, 0) is 61.4 Å². The fourth-order valence-electron chi connectivity index (χ4n) is 3.07. The molecule has 7 heteroatoms. The smallest absolute Gasteiger partial charge is 0.266 e. The molecule has 3 aromatic rings. The second kappa shape index (κ2) is 10.3. The molecule has 0 aromatic heterocycles. The molecular formula is C25H19Cl2FN2O2. The molecule has 0 saturated carbocycles. The van der Waals surface area contributed by atoms with Gasteiger partial charge in [0.25, 0.3) is 5.91 Å². The number of anilines is 1. The summed E-state index contributed by atoms with van der Waals surface area (Å²) in [4.78, 5) is 12.7. The van der Waals surface area contributed by atoms with Gasteiger partial charge in [-0.3, -0.25) is 4.79 Å². The lowest BCUT2D eigenvalue weighted by molar-refractivity contribution is -0.112. The summed E-state index contributed by atoms with van der Waals surface area (Å²) < 4.78 is 19.2. The zero-order valence-electron chi connectivity index (χ0n) is 17.4. The van der Waals surface area contributed by atoms with E-state index in [1.165, 1.54) is 30.3 Å². The number of halogens is 3. The van der Waals surface area contributed by atoms with Crippen LogP contribution in [0, 0.1) is 31.0 Å². The highest BCUT2D eigenvalue weighted by Crippen LogP contribution is 2.34. The Balaban J connectivity index is 1.90. The molecule has 0 heterocycles. The van der Waals surface area contributed by atoms with Crippen molar-refractivity contribution < 1.29 is 13.9 Å². The summed E-state index contributed by atoms with van der Waals surface area (Å²) in [5.74, 6) is -0.734. The molecule has 0 aliphatic rings. The first-order valence-corrected chi connectivity index (χ1v) is 10.4. The van der Waals surface area contributed by atoms with Crippen LogP contribution in [0.4, 0.5) is 10.1 Å². The van der Waals surface area contributed by atoms with E-state index in [1.54, 1.807) is 18.2 Å². The first-order chi connectivity index (χ1) is 15.3. The normalized spacial score (nSPS) is 11.1. The van der Waals surface area contributed by atoms with Crippen LogP contribution in [0.15, 0.2) is 60.2 Å². The van der Waals surface area contributed by atoms with Gasteiger partial charge in [-0.2, -0.15) is 5.26 Å². The first kappa shape index (κ1) is 23.3. The Morgan fingerprint density at radius 2 is 1.94 bits per heavy atom. The maximum atomic E-state index is 13.5. The summed E-state index contributed by atoms with van der Waals surface area (Å²) >= 11 is 12.4. The van der Waals surface area contributed by atoms with Crippen LogP contribution in [0.25, 0.3) is 6.08 Å². The Labute approximate surface area is 195 Å². The van der Waals surface area contributed by atoms with E-state index in [0.717, 1.165) is 11.1 Å². The van der Waals surface area contributed by atoms with Gasteiger partial charge >= 0.3 is 0 Å². The molecule has 0 atom stereocenters. The molecule has 0 aliphatic carbocycles. The number of aryl methyl sites for hydroxylation is 2. The monoisotopic (exact) mass is 468 g/mol. The van der Waals surface area contributed by atoms with Crippen LogP contribution in [0.2, 0.25) is 10.0 Å². The number of hydrogen-bond acceptors (Lipinski definition) is 3. The number of carbonyl (C=O) groups is 1. The minimum Gasteiger partial charge on any atom is -0.487 e. The van der Waals surface area contributed by atoms with Crippen molar-refractivity contribution in [3.8, 4) is 11.8 Å². The Morgan fingerprint density at radius 3 is 2.62 bits per heavy atom. The molecule has 162 valence electrons. The minimum atomic E-state index is -0.577. The number of rotatable bonds is 6. The van der Waals surface area contributed by atoms with Gasteiger partial charge in [0.1, 0.15) is 29.8 Å². The highest BCUT2D eigenvalue weighted by atomic mass is 35.5. The van der Waals surface area contributed by atoms with Crippen LogP contribution in [0.1, 0.15) is 22.3 Å². The van der Waals surface area contributed by atoms with E-state index < -0.39 is 5.91 Å². The van der Waals surface area contributed by atoms with E-state index in [2.05, 4.69) is 5.32 Å². The molecule has 0 bridgehead atoms. The van der Waals surface area contributed by atoms with E-state index in [0.29, 0.717) is 21.8 Å². The van der Waals surface area contributed by atoms with Gasteiger partial charge in [-0.1, -0.05) is 53.0 Å². The second-order valence-electron chi connectivity index (χ2n) is 7.17. The quantitative estimate of drug-likeness (QED) is 0.316. The Bertz CT molecular complexity index is 1250. The number of benzene rings is 3. The van der Waals surface area contributed by atoms with Crippen LogP contribution in [0.5, 0.6) is 5.75 Å². The van der Waals surface area contributed by atoms with Gasteiger partial charge in [-0.25, -0.2) is 4.39 Å². The molecule has 0 spiro atoms. The third-order valence-electron chi connectivity index (χ3n) is 4.60. The molecule has 3 rings (SSSR count). The predicted molar refractivity (Wildman–Crippen MR) is 125 cm³/mol. The molecule has 0 saturated heterocycles. The fraction of sp³-hybridized carbons (Fsp3) is 0.120. The van der Waals surface area contributed by atoms with Gasteiger partial charge in [0, 0.05) is 16.3 Å². The van der Waals surface area contributed by atoms with Crippen LogP contribution in [-0.4, -0.2) is 5.91 Å². The molecule has 32 heavy (non-hydrogen) atoms. The lowest BCUT2D eigenvalue weighted by atomic mass is 10.1. The number of hydrogen-bond donors (Lipinski definition) is 1. The number of carbonyl (C=O) groups excluding carboxylic acids is 1. The summed E-state index contributed by atoms with van der Waals surface area (Å²) in [7, 11) is 0. The van der Waals surface area contributed by atoms with Crippen molar-refractivity contribution in [1.29, 1.82) is 5.26 Å². The van der Waals surface area contributed by atoms with Crippen molar-refractivity contribution >= 4 is 40.9 Å². The van der Waals surface area contributed by atoms with Crippen molar-refractivity contribution in [1.82, 2.24) is 0 Å². The molecule has 3 aromatic carbocycles. The summed E-state index contributed by atoms with van der Waals surface area (Å²) in [5.41, 5.74) is 3.34. The lowest BCUT2D eigenvalue weighted by Gasteiger charge is -2.13. The topological polar surface area (TPSA) is 62.1 Å². The van der Waals surface area contributed by atoms with E-state index in [1.807, 2.05) is 32.0 Å². The van der Waals surface area contributed by atoms with Crippen molar-refractivity contribution in [2.75, 3.05) is 5.32 Å². The summed E-state index contributed by atoms with van der Waals surface area (Å²) in [5, 5.41) is 12.8. The molecule has 0 aliphatic heterocycles. The summed E-state index contributed by atoms with van der Waals surface area (Å²) in [6.45, 7) is 3.86. The van der Waals surface area contributed by atoms with E-state index in [-0.39, 0.29) is 28.8 Å². The Kier molecular flexibility index (Phi) is 7.53. The first-order valence-electron chi connectivity index (χ1n) is 9.63. The van der Waals surface area contributed by atoms with Crippen molar-refractivity contribution in [2.24, 2.45) is 0 Å². The minimum absolute atomic E-state index is 0.0383. The number of amides is 1. The van der Waals surface area contributed by atoms with Crippen molar-refractivity contribution in [3.63, 3.8) is 0 Å². The van der Waals surface area contributed by atoms with Gasteiger partial charge < -0.3 is 10.1 Å². The highest BCUT2D eigenvalue weighted by Gasteiger charge is 2.15.